The minimum Gasteiger partial charge on any atom is -0.467 e. The molecular weight excluding hydrogens is 174 g/mol. The highest BCUT2D eigenvalue weighted by molar-refractivity contribution is 5.71. The second kappa shape index (κ2) is 4.61. The van der Waals surface area contributed by atoms with E-state index in [0.29, 0.717) is 0 Å². The van der Waals surface area contributed by atoms with E-state index in [1.54, 1.807) is 24.8 Å². The van der Waals surface area contributed by atoms with Crippen LogP contribution in [0.5, 0.6) is 0 Å². The molecule has 2 rings (SSSR count). The number of rotatable bonds is 2. The van der Waals surface area contributed by atoms with Crippen molar-refractivity contribution in [1.82, 2.24) is 0 Å². The maximum absolute atomic E-state index is 5.40. The fourth-order valence-electron chi connectivity index (χ4n) is 1.48. The van der Waals surface area contributed by atoms with Crippen LogP contribution in [0.4, 0.5) is 0 Å². The van der Waals surface area contributed by atoms with Gasteiger partial charge in [-0.3, -0.25) is 4.99 Å². The molecule has 0 amide bonds. The van der Waals surface area contributed by atoms with Gasteiger partial charge in [-0.15, -0.1) is 0 Å². The molecule has 1 aliphatic heterocycles. The Labute approximate surface area is 84.0 Å². The van der Waals surface area contributed by atoms with E-state index >= 15 is 0 Å². The molecule has 1 heterocycles. The number of allylic oxidation sites excluding steroid dienone is 5. The first kappa shape index (κ1) is 9.00. The topological polar surface area (TPSA) is 21.6 Å². The highest BCUT2D eigenvalue weighted by Gasteiger charge is 2.04. The minimum atomic E-state index is 0.867. The van der Waals surface area contributed by atoms with E-state index in [1.807, 2.05) is 0 Å². The van der Waals surface area contributed by atoms with Crippen LogP contribution >= 0.6 is 0 Å². The standard InChI is InChI=1S/C12H13NO/c1-2-5-11(6-3-1)9-12-10-13-7-4-8-14-12/h1-2,4-5,7-8,10H,3,6,9H2. The van der Waals surface area contributed by atoms with Crippen LogP contribution in [-0.4, -0.2) is 6.21 Å². The molecule has 0 bridgehead atoms. The Balaban J connectivity index is 2.00. The van der Waals surface area contributed by atoms with Crippen LogP contribution in [0.3, 0.4) is 0 Å². The summed E-state index contributed by atoms with van der Waals surface area (Å²) in [5, 5.41) is 0. The van der Waals surface area contributed by atoms with Crippen molar-refractivity contribution < 1.29 is 4.74 Å². The fourth-order valence-corrected chi connectivity index (χ4v) is 1.48. The molecule has 2 nitrogen and oxygen atoms in total. The lowest BCUT2D eigenvalue weighted by Crippen LogP contribution is -1.92. The van der Waals surface area contributed by atoms with E-state index in [2.05, 4.69) is 23.2 Å². The molecule has 0 radical (unpaired) electrons. The van der Waals surface area contributed by atoms with Gasteiger partial charge in [0.1, 0.15) is 5.76 Å². The Kier molecular flexibility index (Phi) is 2.96. The lowest BCUT2D eigenvalue weighted by molar-refractivity contribution is 0.340. The smallest absolute Gasteiger partial charge is 0.125 e. The molecule has 14 heavy (non-hydrogen) atoms. The predicted octanol–water partition coefficient (Wildman–Crippen LogP) is 3.11. The third-order valence-electron chi connectivity index (χ3n) is 2.19. The summed E-state index contributed by atoms with van der Waals surface area (Å²) in [7, 11) is 0. The molecule has 2 heteroatoms. The van der Waals surface area contributed by atoms with E-state index in [0.717, 1.165) is 25.0 Å². The van der Waals surface area contributed by atoms with Gasteiger partial charge in [0.2, 0.25) is 0 Å². The summed E-state index contributed by atoms with van der Waals surface area (Å²) >= 11 is 0. The van der Waals surface area contributed by atoms with Gasteiger partial charge in [-0.05, 0) is 18.9 Å². The van der Waals surface area contributed by atoms with Gasteiger partial charge in [-0.25, -0.2) is 0 Å². The number of nitrogens with zero attached hydrogens (tertiary/aromatic N) is 1. The van der Waals surface area contributed by atoms with Gasteiger partial charge < -0.3 is 4.74 Å². The fraction of sp³-hybridized carbons (Fsp3) is 0.250. The highest BCUT2D eigenvalue weighted by atomic mass is 16.5. The summed E-state index contributed by atoms with van der Waals surface area (Å²) in [6.45, 7) is 0. The zero-order chi connectivity index (χ0) is 9.64. The zero-order valence-corrected chi connectivity index (χ0v) is 8.02. The number of hydrogen-bond donors (Lipinski definition) is 0. The Morgan fingerprint density at radius 2 is 2.36 bits per heavy atom. The molecule has 0 spiro atoms. The Morgan fingerprint density at radius 3 is 3.21 bits per heavy atom. The first-order chi connectivity index (χ1) is 6.95. The Bertz CT molecular complexity index is 345. The zero-order valence-electron chi connectivity index (χ0n) is 8.02. The monoisotopic (exact) mass is 187 g/mol. The molecule has 0 fully saturated rings. The van der Waals surface area contributed by atoms with Gasteiger partial charge in [0.15, 0.2) is 0 Å². The molecule has 2 aliphatic rings. The molecule has 1 aliphatic carbocycles. The first-order valence-corrected chi connectivity index (χ1v) is 4.84. The second-order valence-corrected chi connectivity index (χ2v) is 3.31. The van der Waals surface area contributed by atoms with Crippen LogP contribution in [0.2, 0.25) is 0 Å². The average Bonchev–Trinajstić information content (AvgIpc) is 2.48. The molecular formula is C12H13NO. The first-order valence-electron chi connectivity index (χ1n) is 4.84. The summed E-state index contributed by atoms with van der Waals surface area (Å²) in [5.74, 6) is 0.913. The van der Waals surface area contributed by atoms with Crippen molar-refractivity contribution in [3.05, 3.63) is 48.1 Å². The summed E-state index contributed by atoms with van der Waals surface area (Å²) < 4.78 is 5.40. The third kappa shape index (κ3) is 2.46. The van der Waals surface area contributed by atoms with E-state index < -0.39 is 0 Å². The van der Waals surface area contributed by atoms with Crippen molar-refractivity contribution in [2.24, 2.45) is 4.99 Å². The lowest BCUT2D eigenvalue weighted by Gasteiger charge is -2.10. The third-order valence-corrected chi connectivity index (χ3v) is 2.19. The number of aliphatic imine (C=N–C) groups is 1. The molecule has 0 aromatic rings. The van der Waals surface area contributed by atoms with E-state index in [-0.39, 0.29) is 0 Å². The molecule has 0 unspecified atom stereocenters. The summed E-state index contributed by atoms with van der Waals surface area (Å²) in [4.78, 5) is 4.07. The number of ether oxygens (including phenoxy) is 1. The maximum Gasteiger partial charge on any atom is 0.125 e. The molecule has 0 aromatic carbocycles. The predicted molar refractivity (Wildman–Crippen MR) is 57.9 cm³/mol. The maximum atomic E-state index is 5.40. The molecule has 0 atom stereocenters. The van der Waals surface area contributed by atoms with Crippen LogP contribution in [0.15, 0.2) is 53.1 Å². The van der Waals surface area contributed by atoms with Gasteiger partial charge in [0, 0.05) is 12.6 Å². The van der Waals surface area contributed by atoms with Crippen molar-refractivity contribution in [3.8, 4) is 0 Å². The van der Waals surface area contributed by atoms with Crippen LogP contribution in [0.1, 0.15) is 19.3 Å². The summed E-state index contributed by atoms with van der Waals surface area (Å²) in [5.41, 5.74) is 1.41. The van der Waals surface area contributed by atoms with Gasteiger partial charge in [-0.2, -0.15) is 0 Å². The van der Waals surface area contributed by atoms with Crippen LogP contribution in [0.25, 0.3) is 0 Å². The molecule has 0 aromatic heterocycles. The van der Waals surface area contributed by atoms with Crippen molar-refractivity contribution in [2.45, 2.75) is 19.3 Å². The lowest BCUT2D eigenvalue weighted by atomic mass is 10.0. The molecule has 0 saturated heterocycles. The van der Waals surface area contributed by atoms with E-state index in [1.165, 1.54) is 5.57 Å². The summed E-state index contributed by atoms with van der Waals surface area (Å²) in [6.07, 6.45) is 16.5. The quantitative estimate of drug-likeness (QED) is 0.651. The molecule has 72 valence electrons. The largest absolute Gasteiger partial charge is 0.467 e. The van der Waals surface area contributed by atoms with Crippen molar-refractivity contribution in [3.63, 3.8) is 0 Å². The molecule has 0 saturated carbocycles. The van der Waals surface area contributed by atoms with Gasteiger partial charge in [-0.1, -0.05) is 23.8 Å². The van der Waals surface area contributed by atoms with Crippen molar-refractivity contribution in [1.29, 1.82) is 0 Å². The van der Waals surface area contributed by atoms with Crippen LogP contribution < -0.4 is 0 Å². The van der Waals surface area contributed by atoms with Crippen molar-refractivity contribution in [2.75, 3.05) is 0 Å². The normalized spacial score (nSPS) is 19.7. The van der Waals surface area contributed by atoms with Crippen LogP contribution in [0, 0.1) is 0 Å². The van der Waals surface area contributed by atoms with Crippen LogP contribution in [-0.2, 0) is 4.74 Å². The van der Waals surface area contributed by atoms with Gasteiger partial charge in [0.25, 0.3) is 0 Å². The van der Waals surface area contributed by atoms with E-state index in [4.69, 9.17) is 4.74 Å². The van der Waals surface area contributed by atoms with Crippen molar-refractivity contribution >= 4 is 6.21 Å². The highest BCUT2D eigenvalue weighted by Crippen LogP contribution is 2.21. The summed E-state index contributed by atoms with van der Waals surface area (Å²) in [6, 6.07) is 0. The second-order valence-electron chi connectivity index (χ2n) is 3.31. The Hall–Kier alpha value is -1.57. The average molecular weight is 187 g/mol. The molecule has 0 N–H and O–H groups in total. The minimum absolute atomic E-state index is 0.867. The van der Waals surface area contributed by atoms with Gasteiger partial charge in [0.05, 0.1) is 12.5 Å². The van der Waals surface area contributed by atoms with E-state index in [9.17, 15) is 0 Å². The van der Waals surface area contributed by atoms with Gasteiger partial charge >= 0.3 is 0 Å². The SMILES string of the molecule is C1=CCCC(CC2=CN=CC=CO2)=C1. The Morgan fingerprint density at radius 1 is 1.36 bits per heavy atom. The number of hydrogen-bond acceptors (Lipinski definition) is 2.